The maximum atomic E-state index is 12.0. The largest absolute Gasteiger partial charge is 0.497 e. The number of carbonyl (C=O) groups is 1. The lowest BCUT2D eigenvalue weighted by Crippen LogP contribution is -2.43. The molecule has 0 spiro atoms. The van der Waals surface area contributed by atoms with Crippen molar-refractivity contribution in [1.29, 1.82) is 0 Å². The van der Waals surface area contributed by atoms with E-state index in [-0.39, 0.29) is 18.0 Å². The number of amides is 1. The van der Waals surface area contributed by atoms with Crippen LogP contribution in [-0.4, -0.2) is 38.1 Å². The van der Waals surface area contributed by atoms with Crippen molar-refractivity contribution in [2.45, 2.75) is 38.3 Å². The molecular formula is C16H24N2O2. The number of carbonyl (C=O) groups excluding carboxylic acids is 1. The van der Waals surface area contributed by atoms with Crippen LogP contribution in [0.25, 0.3) is 0 Å². The molecule has 1 aromatic carbocycles. The van der Waals surface area contributed by atoms with Crippen LogP contribution in [0.3, 0.4) is 0 Å². The first-order valence-corrected chi connectivity index (χ1v) is 7.17. The molecule has 20 heavy (non-hydrogen) atoms. The topological polar surface area (TPSA) is 41.6 Å². The molecule has 4 heteroatoms. The molecule has 2 rings (SSSR count). The van der Waals surface area contributed by atoms with Crippen LogP contribution in [0, 0.1) is 0 Å². The van der Waals surface area contributed by atoms with Gasteiger partial charge in [-0.3, -0.25) is 10.1 Å². The van der Waals surface area contributed by atoms with E-state index in [1.807, 2.05) is 13.0 Å². The van der Waals surface area contributed by atoms with Crippen molar-refractivity contribution in [2.75, 3.05) is 21.2 Å². The van der Waals surface area contributed by atoms with Gasteiger partial charge in [0.25, 0.3) is 0 Å². The Balaban J connectivity index is 2.17. The third kappa shape index (κ3) is 3.12. The number of ether oxygens (including phenoxy) is 1. The van der Waals surface area contributed by atoms with Crippen molar-refractivity contribution in [1.82, 2.24) is 10.2 Å². The highest BCUT2D eigenvalue weighted by Gasteiger charge is 2.24. The SMILES string of the molecule is COc1ccc2c(c1)C(NC(C)C(=O)N(C)C)CCC2. The molecule has 0 aromatic heterocycles. The lowest BCUT2D eigenvalue weighted by Gasteiger charge is -2.30. The van der Waals surface area contributed by atoms with Gasteiger partial charge in [0, 0.05) is 20.1 Å². The van der Waals surface area contributed by atoms with Crippen LogP contribution < -0.4 is 10.1 Å². The highest BCUT2D eigenvalue weighted by Crippen LogP contribution is 2.32. The quantitative estimate of drug-likeness (QED) is 0.916. The summed E-state index contributed by atoms with van der Waals surface area (Å²) >= 11 is 0. The fourth-order valence-corrected chi connectivity index (χ4v) is 2.84. The molecule has 4 nitrogen and oxygen atoms in total. The summed E-state index contributed by atoms with van der Waals surface area (Å²) in [6, 6.07) is 6.30. The van der Waals surface area contributed by atoms with Gasteiger partial charge in [0.15, 0.2) is 0 Å². The van der Waals surface area contributed by atoms with E-state index in [2.05, 4.69) is 17.4 Å². The summed E-state index contributed by atoms with van der Waals surface area (Å²) in [5.41, 5.74) is 2.63. The lowest BCUT2D eigenvalue weighted by atomic mass is 9.87. The first kappa shape index (κ1) is 14.9. The minimum Gasteiger partial charge on any atom is -0.497 e. The fraction of sp³-hybridized carbons (Fsp3) is 0.562. The van der Waals surface area contributed by atoms with Crippen LogP contribution in [0.15, 0.2) is 18.2 Å². The smallest absolute Gasteiger partial charge is 0.238 e. The van der Waals surface area contributed by atoms with E-state index in [0.29, 0.717) is 0 Å². The third-order valence-corrected chi connectivity index (χ3v) is 3.93. The molecular weight excluding hydrogens is 252 g/mol. The monoisotopic (exact) mass is 276 g/mol. The summed E-state index contributed by atoms with van der Waals surface area (Å²) in [6.07, 6.45) is 3.32. The van der Waals surface area contributed by atoms with Crippen molar-refractivity contribution in [3.05, 3.63) is 29.3 Å². The molecule has 0 radical (unpaired) electrons. The number of fused-ring (bicyclic) bond motifs is 1. The van der Waals surface area contributed by atoms with Crippen LogP contribution in [0.2, 0.25) is 0 Å². The molecule has 1 aliphatic carbocycles. The van der Waals surface area contributed by atoms with Crippen LogP contribution in [0.4, 0.5) is 0 Å². The first-order valence-electron chi connectivity index (χ1n) is 7.17. The second kappa shape index (κ2) is 6.27. The van der Waals surface area contributed by atoms with Gasteiger partial charge in [0.05, 0.1) is 13.2 Å². The van der Waals surface area contributed by atoms with E-state index in [9.17, 15) is 4.79 Å². The number of rotatable bonds is 4. The first-order chi connectivity index (χ1) is 9.52. The number of hydrogen-bond acceptors (Lipinski definition) is 3. The van der Waals surface area contributed by atoms with Gasteiger partial charge in [-0.25, -0.2) is 0 Å². The van der Waals surface area contributed by atoms with Crippen LogP contribution in [0.5, 0.6) is 5.75 Å². The summed E-state index contributed by atoms with van der Waals surface area (Å²) < 4.78 is 5.32. The highest BCUT2D eigenvalue weighted by atomic mass is 16.5. The Morgan fingerprint density at radius 3 is 2.85 bits per heavy atom. The van der Waals surface area contributed by atoms with Crippen molar-refractivity contribution in [2.24, 2.45) is 0 Å². The minimum absolute atomic E-state index is 0.111. The standard InChI is InChI=1S/C16H24N2O2/c1-11(16(19)18(2)3)17-15-7-5-6-12-8-9-13(20-4)10-14(12)15/h8-11,15,17H,5-7H2,1-4H3. The van der Waals surface area contributed by atoms with Gasteiger partial charge in [-0.15, -0.1) is 0 Å². The summed E-state index contributed by atoms with van der Waals surface area (Å²) in [4.78, 5) is 13.6. The number of aryl methyl sites for hydroxylation is 1. The van der Waals surface area contributed by atoms with Gasteiger partial charge in [-0.05, 0) is 49.4 Å². The van der Waals surface area contributed by atoms with E-state index in [0.717, 1.165) is 25.0 Å². The zero-order valence-corrected chi connectivity index (χ0v) is 12.8. The molecule has 0 saturated carbocycles. The van der Waals surface area contributed by atoms with Gasteiger partial charge in [-0.2, -0.15) is 0 Å². The molecule has 1 aliphatic rings. The second-order valence-corrected chi connectivity index (χ2v) is 5.63. The van der Waals surface area contributed by atoms with Crippen molar-refractivity contribution >= 4 is 5.91 Å². The number of nitrogens with zero attached hydrogens (tertiary/aromatic N) is 1. The van der Waals surface area contributed by atoms with Gasteiger partial charge in [-0.1, -0.05) is 6.07 Å². The zero-order chi connectivity index (χ0) is 14.7. The average molecular weight is 276 g/mol. The van der Waals surface area contributed by atoms with E-state index >= 15 is 0 Å². The molecule has 0 fully saturated rings. The molecule has 0 bridgehead atoms. The Morgan fingerprint density at radius 2 is 2.20 bits per heavy atom. The van der Waals surface area contributed by atoms with E-state index in [4.69, 9.17) is 4.74 Å². The summed E-state index contributed by atoms with van der Waals surface area (Å²) in [7, 11) is 5.27. The number of benzene rings is 1. The normalized spacial score (nSPS) is 19.1. The predicted molar refractivity (Wildman–Crippen MR) is 80.0 cm³/mol. The Labute approximate surface area is 121 Å². The van der Waals surface area contributed by atoms with Crippen molar-refractivity contribution < 1.29 is 9.53 Å². The van der Waals surface area contributed by atoms with Crippen LogP contribution in [0.1, 0.15) is 36.9 Å². The molecule has 0 heterocycles. The number of hydrogen-bond donors (Lipinski definition) is 1. The Hall–Kier alpha value is -1.55. The van der Waals surface area contributed by atoms with Gasteiger partial charge in [0.2, 0.25) is 5.91 Å². The second-order valence-electron chi connectivity index (χ2n) is 5.63. The summed E-state index contributed by atoms with van der Waals surface area (Å²) in [5.74, 6) is 0.990. The molecule has 0 saturated heterocycles. The van der Waals surface area contributed by atoms with Crippen molar-refractivity contribution in [3.63, 3.8) is 0 Å². The maximum absolute atomic E-state index is 12.0. The Bertz CT molecular complexity index is 485. The predicted octanol–water partition coefficient (Wildman–Crippen LogP) is 2.14. The lowest BCUT2D eigenvalue weighted by molar-refractivity contribution is -0.130. The zero-order valence-electron chi connectivity index (χ0n) is 12.8. The maximum Gasteiger partial charge on any atom is 0.238 e. The molecule has 1 aromatic rings. The molecule has 0 aliphatic heterocycles. The van der Waals surface area contributed by atoms with Gasteiger partial charge < -0.3 is 9.64 Å². The van der Waals surface area contributed by atoms with E-state index in [1.165, 1.54) is 11.1 Å². The molecule has 2 atom stereocenters. The van der Waals surface area contributed by atoms with E-state index in [1.54, 1.807) is 26.1 Å². The molecule has 1 amide bonds. The Kier molecular flexibility index (Phi) is 4.65. The minimum atomic E-state index is -0.174. The Morgan fingerprint density at radius 1 is 1.45 bits per heavy atom. The highest BCUT2D eigenvalue weighted by molar-refractivity contribution is 5.81. The fourth-order valence-electron chi connectivity index (χ4n) is 2.84. The van der Waals surface area contributed by atoms with Crippen molar-refractivity contribution in [3.8, 4) is 5.75 Å². The van der Waals surface area contributed by atoms with Gasteiger partial charge >= 0.3 is 0 Å². The third-order valence-electron chi connectivity index (χ3n) is 3.93. The van der Waals surface area contributed by atoms with Crippen LogP contribution >= 0.6 is 0 Å². The number of nitrogens with one attached hydrogen (secondary N) is 1. The van der Waals surface area contributed by atoms with Gasteiger partial charge in [0.1, 0.15) is 5.75 Å². The summed E-state index contributed by atoms with van der Waals surface area (Å²) in [6.45, 7) is 1.93. The number of methoxy groups -OCH3 is 1. The average Bonchev–Trinajstić information content (AvgIpc) is 2.46. The van der Waals surface area contributed by atoms with E-state index < -0.39 is 0 Å². The molecule has 110 valence electrons. The molecule has 1 N–H and O–H groups in total. The van der Waals surface area contributed by atoms with Crippen LogP contribution in [-0.2, 0) is 11.2 Å². The molecule has 2 unspecified atom stereocenters. The number of likely N-dealkylation sites (N-methyl/N-ethyl adjacent to an activating group) is 1. The summed E-state index contributed by atoms with van der Waals surface area (Å²) in [5, 5.41) is 3.46.